The maximum atomic E-state index is 13.6. The number of hydrogen-bond acceptors (Lipinski definition) is 5. The van der Waals surface area contributed by atoms with Gasteiger partial charge in [-0.25, -0.2) is 9.98 Å². The van der Waals surface area contributed by atoms with Gasteiger partial charge in [0.1, 0.15) is 0 Å². The largest absolute Gasteiger partial charge is 0.390 e. The zero-order valence-corrected chi connectivity index (χ0v) is 24.5. The quantitative estimate of drug-likeness (QED) is 0.334. The van der Waals surface area contributed by atoms with Crippen LogP contribution in [-0.2, 0) is 6.42 Å². The van der Waals surface area contributed by atoms with E-state index in [9.17, 15) is 9.90 Å². The number of aromatic nitrogens is 2. The van der Waals surface area contributed by atoms with Crippen LogP contribution in [-0.4, -0.2) is 63.3 Å². The molecule has 3 saturated carbocycles. The monoisotopic (exact) mass is 554 g/mol. The fourth-order valence-corrected chi connectivity index (χ4v) is 8.20. The highest BCUT2D eigenvalue weighted by Gasteiger charge is 2.56. The van der Waals surface area contributed by atoms with Crippen molar-refractivity contribution in [3.8, 4) is 0 Å². The van der Waals surface area contributed by atoms with Crippen LogP contribution < -0.4 is 16.2 Å². The number of aliphatic hydroxyl groups is 1. The second-order valence-corrected chi connectivity index (χ2v) is 13.5. The smallest absolute Gasteiger partial charge is 0.261 e. The summed E-state index contributed by atoms with van der Waals surface area (Å²) in [5.41, 5.74) is 3.89. The van der Waals surface area contributed by atoms with Crippen molar-refractivity contribution >= 4 is 22.5 Å². The predicted molar refractivity (Wildman–Crippen MR) is 163 cm³/mol. The lowest BCUT2D eigenvalue weighted by molar-refractivity contribution is -0.108. The maximum absolute atomic E-state index is 13.6. The number of guanidine groups is 1. The first-order valence-corrected chi connectivity index (χ1v) is 15.3. The second-order valence-electron chi connectivity index (χ2n) is 13.5. The Morgan fingerprint density at radius 2 is 2.00 bits per heavy atom. The summed E-state index contributed by atoms with van der Waals surface area (Å²) >= 11 is 0. The predicted octanol–water partition coefficient (Wildman–Crippen LogP) is 4.04. The number of fused-ring (bicyclic) bond motifs is 4. The first kappa shape index (κ1) is 26.7. The molecular formula is C33H42N6O2. The SMILES string of the molecule is C[C@@H]1[C@@H](/N=C(/Nc2ccc3c(=O)n([C@@H]4c5ccccc5C[C@@H]4O)cnc3c2)N2CCN[C@@H](C)C2)C[C@H]2C[C@@H]1C2(C)C. The van der Waals surface area contributed by atoms with Crippen LogP contribution in [0.5, 0.6) is 0 Å². The number of aliphatic hydroxyl groups excluding tert-OH is 1. The van der Waals surface area contributed by atoms with E-state index in [1.54, 1.807) is 10.9 Å². The van der Waals surface area contributed by atoms with Crippen molar-refractivity contribution < 1.29 is 5.11 Å². The zero-order chi connectivity index (χ0) is 28.5. The van der Waals surface area contributed by atoms with Crippen molar-refractivity contribution in [1.82, 2.24) is 19.8 Å². The summed E-state index contributed by atoms with van der Waals surface area (Å²) < 4.78 is 1.60. The summed E-state index contributed by atoms with van der Waals surface area (Å²) in [6.07, 6.45) is 3.97. The highest BCUT2D eigenvalue weighted by atomic mass is 16.3. The summed E-state index contributed by atoms with van der Waals surface area (Å²) in [5, 5.41) is 18.6. The standard InChI is InChI=1S/C33H42N6O2/c1-19-17-38(12-11-34-19)32(37-27-15-22-14-26(20(27)2)33(22,3)4)36-23-9-10-25-28(16-23)35-18-39(31(25)41)30-24-8-6-5-7-21(24)13-29(30)40/h5-10,16,18-20,22,26-27,29-30,34,40H,11-15,17H2,1-4H3,(H,36,37)/t19-,20-,22+,26-,27-,29-,30+/m0/s1. The van der Waals surface area contributed by atoms with E-state index in [1.165, 1.54) is 6.42 Å². The molecule has 1 aliphatic heterocycles. The van der Waals surface area contributed by atoms with Gasteiger partial charge in [0, 0.05) is 37.8 Å². The van der Waals surface area contributed by atoms with Crippen LogP contribution in [0.25, 0.3) is 10.9 Å². The van der Waals surface area contributed by atoms with Crippen molar-refractivity contribution in [2.24, 2.45) is 28.2 Å². The zero-order valence-electron chi connectivity index (χ0n) is 24.5. The third-order valence-electron chi connectivity index (χ3n) is 10.8. The summed E-state index contributed by atoms with van der Waals surface area (Å²) in [6, 6.07) is 14.0. The van der Waals surface area contributed by atoms with Crippen LogP contribution in [0, 0.1) is 23.2 Å². The molecule has 1 saturated heterocycles. The summed E-state index contributed by atoms with van der Waals surface area (Å²) in [5.74, 6) is 2.96. The molecule has 41 heavy (non-hydrogen) atoms. The Morgan fingerprint density at radius 1 is 1.17 bits per heavy atom. The second kappa shape index (κ2) is 9.95. The Kier molecular flexibility index (Phi) is 6.47. The van der Waals surface area contributed by atoms with Gasteiger partial charge in [-0.2, -0.15) is 0 Å². The number of aliphatic imine (C=N–C) groups is 1. The summed E-state index contributed by atoms with van der Waals surface area (Å²) in [6.45, 7) is 12.2. The number of anilines is 1. The minimum atomic E-state index is -0.649. The van der Waals surface area contributed by atoms with E-state index in [1.807, 2.05) is 42.5 Å². The van der Waals surface area contributed by atoms with Gasteiger partial charge in [0.2, 0.25) is 0 Å². The maximum Gasteiger partial charge on any atom is 0.261 e. The van der Waals surface area contributed by atoms with Gasteiger partial charge in [0.05, 0.1) is 35.4 Å². The molecule has 3 aromatic rings. The van der Waals surface area contributed by atoms with E-state index < -0.39 is 12.1 Å². The van der Waals surface area contributed by atoms with Gasteiger partial charge in [0.15, 0.2) is 5.96 Å². The third-order valence-corrected chi connectivity index (χ3v) is 10.8. The number of rotatable bonds is 3. The third kappa shape index (κ3) is 4.47. The van der Waals surface area contributed by atoms with Crippen LogP contribution in [0.1, 0.15) is 57.7 Å². The molecule has 8 rings (SSSR count). The van der Waals surface area contributed by atoms with Crippen molar-refractivity contribution in [3.63, 3.8) is 0 Å². The van der Waals surface area contributed by atoms with Crippen LogP contribution in [0.15, 0.2) is 58.6 Å². The van der Waals surface area contributed by atoms with Crippen LogP contribution in [0.3, 0.4) is 0 Å². The molecule has 5 aliphatic rings. The topological polar surface area (TPSA) is 94.8 Å². The van der Waals surface area contributed by atoms with E-state index in [2.05, 4.69) is 43.2 Å². The Bertz CT molecular complexity index is 1560. The van der Waals surface area contributed by atoms with Gasteiger partial charge in [0.25, 0.3) is 5.56 Å². The lowest BCUT2D eigenvalue weighted by Gasteiger charge is -2.61. The molecule has 4 fully saturated rings. The molecule has 0 radical (unpaired) electrons. The first-order chi connectivity index (χ1) is 19.7. The van der Waals surface area contributed by atoms with Crippen LogP contribution in [0.2, 0.25) is 0 Å². The molecule has 216 valence electrons. The van der Waals surface area contributed by atoms with Crippen LogP contribution >= 0.6 is 0 Å². The fraction of sp³-hybridized carbons (Fsp3) is 0.545. The van der Waals surface area contributed by atoms with E-state index in [0.717, 1.165) is 60.7 Å². The molecule has 7 atom stereocenters. The fourth-order valence-electron chi connectivity index (χ4n) is 8.20. The summed E-state index contributed by atoms with van der Waals surface area (Å²) in [7, 11) is 0. The van der Waals surface area contributed by atoms with Crippen molar-refractivity contribution in [2.75, 3.05) is 25.0 Å². The Morgan fingerprint density at radius 3 is 2.78 bits per heavy atom. The molecular weight excluding hydrogens is 512 g/mol. The van der Waals surface area contributed by atoms with Crippen molar-refractivity contribution in [3.05, 3.63) is 70.3 Å². The van der Waals surface area contributed by atoms with E-state index in [4.69, 9.17) is 9.98 Å². The van der Waals surface area contributed by atoms with Crippen molar-refractivity contribution in [1.29, 1.82) is 0 Å². The lowest BCUT2D eigenvalue weighted by Crippen LogP contribution is -2.57. The Labute approximate surface area is 241 Å². The molecule has 3 N–H and O–H groups in total. The van der Waals surface area contributed by atoms with E-state index in [0.29, 0.717) is 40.7 Å². The van der Waals surface area contributed by atoms with Crippen molar-refractivity contribution in [2.45, 2.75) is 71.2 Å². The summed E-state index contributed by atoms with van der Waals surface area (Å²) in [4.78, 5) is 26.1. The average molecular weight is 555 g/mol. The molecule has 1 aromatic heterocycles. The first-order valence-electron chi connectivity index (χ1n) is 15.3. The Hall–Kier alpha value is -3.23. The minimum Gasteiger partial charge on any atom is -0.390 e. The molecule has 8 heteroatoms. The highest BCUT2D eigenvalue weighted by molar-refractivity contribution is 5.96. The van der Waals surface area contributed by atoms with Gasteiger partial charge in [-0.05, 0) is 72.3 Å². The van der Waals surface area contributed by atoms with Crippen LogP contribution in [0.4, 0.5) is 5.69 Å². The average Bonchev–Trinajstić information content (AvgIpc) is 3.29. The lowest BCUT2D eigenvalue weighted by atomic mass is 9.45. The molecule has 2 bridgehead atoms. The number of piperazine rings is 1. The molecule has 0 amide bonds. The van der Waals surface area contributed by atoms with Gasteiger partial charge in [-0.3, -0.25) is 9.36 Å². The van der Waals surface area contributed by atoms with E-state index >= 15 is 0 Å². The molecule has 4 aliphatic carbocycles. The number of nitrogens with one attached hydrogen (secondary N) is 2. The molecule has 8 nitrogen and oxygen atoms in total. The molecule has 0 spiro atoms. The number of benzene rings is 2. The van der Waals surface area contributed by atoms with Gasteiger partial charge < -0.3 is 20.6 Å². The number of nitrogens with zero attached hydrogens (tertiary/aromatic N) is 4. The highest BCUT2D eigenvalue weighted by Crippen LogP contribution is 2.61. The minimum absolute atomic E-state index is 0.134. The van der Waals surface area contributed by atoms with E-state index in [-0.39, 0.29) is 5.56 Å². The molecule has 2 aromatic carbocycles. The number of hydrogen-bond donors (Lipinski definition) is 3. The normalized spacial score (nSPS) is 32.5. The Balaban J connectivity index is 1.19. The van der Waals surface area contributed by atoms with Gasteiger partial charge in [-0.15, -0.1) is 0 Å². The van der Waals surface area contributed by atoms with Gasteiger partial charge in [-0.1, -0.05) is 45.0 Å². The molecule has 2 heterocycles. The van der Waals surface area contributed by atoms with Gasteiger partial charge >= 0.3 is 0 Å². The molecule has 0 unspecified atom stereocenters.